The molecule has 0 saturated carbocycles. The molecule has 3 amide bonds. The van der Waals surface area contributed by atoms with E-state index < -0.39 is 11.8 Å². The number of thioether (sulfide) groups is 1. The van der Waals surface area contributed by atoms with Crippen molar-refractivity contribution in [1.29, 1.82) is 0 Å². The fraction of sp³-hybridized carbons (Fsp3) is 0.0938. The predicted molar refractivity (Wildman–Crippen MR) is 170 cm³/mol. The molecule has 1 aliphatic heterocycles. The molecule has 0 bridgehead atoms. The van der Waals surface area contributed by atoms with Crippen LogP contribution in [0.2, 0.25) is 10.0 Å². The number of rotatable bonds is 9. The van der Waals surface area contributed by atoms with Gasteiger partial charge in [0.1, 0.15) is 18.9 Å². The molecule has 0 fully saturated rings. The quantitative estimate of drug-likeness (QED) is 0.137. The van der Waals surface area contributed by atoms with E-state index in [0.29, 0.717) is 52.2 Å². The summed E-state index contributed by atoms with van der Waals surface area (Å²) in [5.74, 6) is 0.241. The molecule has 3 N–H and O–H groups in total. The Bertz CT molecular complexity index is 1680. The summed E-state index contributed by atoms with van der Waals surface area (Å²) in [6, 6.07) is 25.8. The van der Waals surface area contributed by atoms with Gasteiger partial charge >= 0.3 is 0 Å². The van der Waals surface area contributed by atoms with E-state index in [-0.39, 0.29) is 22.4 Å². The molecule has 11 heteroatoms. The lowest BCUT2D eigenvalue weighted by Gasteiger charge is -2.19. The first-order chi connectivity index (χ1) is 20.9. The monoisotopic (exact) mass is 633 g/mol. The maximum absolute atomic E-state index is 13.3. The third-order valence-corrected chi connectivity index (χ3v) is 7.96. The number of hydrogen-bond donors (Lipinski definition) is 3. The molecule has 0 spiro atoms. The standard InChI is InChI=1S/C32H25Cl2N3O5S/c33-25-8-4-7-21(30(25)34)17-26(37-31(39)20-5-2-1-3-6-20)32(40)36-22-9-12-24(13-10-22)43-19-29(38)35-23-11-14-27-28(18-23)42-16-15-41-27/h1-14,17-18H,15-16,19H2,(H,35,38)(H,36,40)(H,37,39)/b26-17-. The smallest absolute Gasteiger partial charge is 0.272 e. The lowest BCUT2D eigenvalue weighted by molar-refractivity contribution is -0.114. The van der Waals surface area contributed by atoms with Crippen LogP contribution in [0.5, 0.6) is 11.5 Å². The van der Waals surface area contributed by atoms with Gasteiger partial charge in [0.2, 0.25) is 5.91 Å². The average molecular weight is 635 g/mol. The molecule has 5 rings (SSSR count). The Morgan fingerprint density at radius 3 is 2.28 bits per heavy atom. The zero-order chi connectivity index (χ0) is 30.2. The second kappa shape index (κ2) is 14.2. The molecule has 4 aromatic rings. The summed E-state index contributed by atoms with van der Waals surface area (Å²) in [7, 11) is 0. The fourth-order valence-electron chi connectivity index (χ4n) is 4.03. The zero-order valence-electron chi connectivity index (χ0n) is 22.6. The lowest BCUT2D eigenvalue weighted by Crippen LogP contribution is -2.30. The van der Waals surface area contributed by atoms with E-state index in [1.54, 1.807) is 91.0 Å². The normalized spacial score (nSPS) is 12.3. The Morgan fingerprint density at radius 1 is 0.791 bits per heavy atom. The summed E-state index contributed by atoms with van der Waals surface area (Å²) in [4.78, 5) is 39.5. The van der Waals surface area contributed by atoms with E-state index in [1.807, 2.05) is 0 Å². The number of fused-ring (bicyclic) bond motifs is 1. The van der Waals surface area contributed by atoms with Crippen LogP contribution in [0.15, 0.2) is 102 Å². The average Bonchev–Trinajstić information content (AvgIpc) is 3.02. The molecule has 0 atom stereocenters. The molecule has 0 aromatic heterocycles. The molecule has 4 aromatic carbocycles. The summed E-state index contributed by atoms with van der Waals surface area (Å²) >= 11 is 13.8. The van der Waals surface area contributed by atoms with E-state index in [4.69, 9.17) is 32.7 Å². The third kappa shape index (κ3) is 8.10. The first-order valence-corrected chi connectivity index (χ1v) is 14.9. The fourth-order valence-corrected chi connectivity index (χ4v) is 5.09. The molecule has 1 heterocycles. The van der Waals surface area contributed by atoms with Crippen LogP contribution in [0.4, 0.5) is 11.4 Å². The molecule has 0 saturated heterocycles. The van der Waals surface area contributed by atoms with E-state index in [0.717, 1.165) is 4.90 Å². The van der Waals surface area contributed by atoms with Crippen molar-refractivity contribution in [2.24, 2.45) is 0 Å². The molecule has 218 valence electrons. The van der Waals surface area contributed by atoms with Crippen LogP contribution in [0.25, 0.3) is 6.08 Å². The van der Waals surface area contributed by atoms with Gasteiger partial charge < -0.3 is 25.4 Å². The first kappa shape index (κ1) is 30.0. The highest BCUT2D eigenvalue weighted by Crippen LogP contribution is 2.33. The largest absolute Gasteiger partial charge is 0.486 e. The van der Waals surface area contributed by atoms with Crippen molar-refractivity contribution >= 4 is 70.1 Å². The van der Waals surface area contributed by atoms with Crippen LogP contribution in [0.3, 0.4) is 0 Å². The van der Waals surface area contributed by atoms with Crippen LogP contribution in [0, 0.1) is 0 Å². The van der Waals surface area contributed by atoms with Crippen molar-refractivity contribution in [3.05, 3.63) is 118 Å². The maximum atomic E-state index is 13.3. The minimum atomic E-state index is -0.556. The number of anilines is 2. The van der Waals surface area contributed by atoms with Gasteiger partial charge in [-0.25, -0.2) is 0 Å². The number of carbonyl (C=O) groups excluding carboxylic acids is 3. The van der Waals surface area contributed by atoms with Crippen LogP contribution >= 0.6 is 35.0 Å². The van der Waals surface area contributed by atoms with Crippen molar-refractivity contribution < 1.29 is 23.9 Å². The predicted octanol–water partition coefficient (Wildman–Crippen LogP) is 6.91. The SMILES string of the molecule is O=C(CSc1ccc(NC(=O)/C(=C/c2cccc(Cl)c2Cl)NC(=O)c2ccccc2)cc1)Nc1ccc2c(c1)OCCO2. The van der Waals surface area contributed by atoms with Crippen molar-refractivity contribution in [3.63, 3.8) is 0 Å². The van der Waals surface area contributed by atoms with Crippen LogP contribution in [-0.2, 0) is 9.59 Å². The Morgan fingerprint density at radius 2 is 1.51 bits per heavy atom. The summed E-state index contributed by atoms with van der Waals surface area (Å²) in [6.45, 7) is 0.964. The van der Waals surface area contributed by atoms with Gasteiger partial charge in [-0.15, -0.1) is 11.8 Å². The summed E-state index contributed by atoms with van der Waals surface area (Å²) in [5.41, 5.74) is 1.95. The van der Waals surface area contributed by atoms with E-state index in [1.165, 1.54) is 17.8 Å². The van der Waals surface area contributed by atoms with E-state index in [9.17, 15) is 14.4 Å². The number of ether oxygens (including phenoxy) is 2. The van der Waals surface area contributed by atoms with E-state index in [2.05, 4.69) is 16.0 Å². The molecular weight excluding hydrogens is 609 g/mol. The van der Waals surface area contributed by atoms with Gasteiger partial charge in [0.15, 0.2) is 11.5 Å². The van der Waals surface area contributed by atoms with Gasteiger partial charge in [-0.3, -0.25) is 14.4 Å². The summed E-state index contributed by atoms with van der Waals surface area (Å²) in [5, 5.41) is 8.89. The highest BCUT2D eigenvalue weighted by Gasteiger charge is 2.17. The van der Waals surface area contributed by atoms with Crippen molar-refractivity contribution in [2.75, 3.05) is 29.6 Å². The van der Waals surface area contributed by atoms with Crippen molar-refractivity contribution in [2.45, 2.75) is 4.90 Å². The Hall–Kier alpha value is -4.44. The van der Waals surface area contributed by atoms with Crippen LogP contribution in [-0.4, -0.2) is 36.7 Å². The van der Waals surface area contributed by atoms with Crippen LogP contribution in [0.1, 0.15) is 15.9 Å². The van der Waals surface area contributed by atoms with Gasteiger partial charge in [0.25, 0.3) is 11.8 Å². The maximum Gasteiger partial charge on any atom is 0.272 e. The lowest BCUT2D eigenvalue weighted by atomic mass is 10.1. The van der Waals surface area contributed by atoms with Gasteiger partial charge in [-0.05, 0) is 66.2 Å². The Labute approximate surface area is 262 Å². The number of hydrogen-bond acceptors (Lipinski definition) is 6. The third-order valence-electron chi connectivity index (χ3n) is 6.12. The number of nitrogens with one attached hydrogen (secondary N) is 3. The molecular formula is C32H25Cl2N3O5S. The summed E-state index contributed by atoms with van der Waals surface area (Å²) < 4.78 is 11.1. The van der Waals surface area contributed by atoms with Gasteiger partial charge in [0, 0.05) is 27.9 Å². The van der Waals surface area contributed by atoms with E-state index >= 15 is 0 Å². The van der Waals surface area contributed by atoms with Gasteiger partial charge in [0.05, 0.1) is 15.8 Å². The molecule has 8 nitrogen and oxygen atoms in total. The van der Waals surface area contributed by atoms with Gasteiger partial charge in [-0.1, -0.05) is 53.5 Å². The molecule has 0 radical (unpaired) electrons. The zero-order valence-corrected chi connectivity index (χ0v) is 24.9. The van der Waals surface area contributed by atoms with Crippen molar-refractivity contribution in [1.82, 2.24) is 5.32 Å². The number of carbonyl (C=O) groups is 3. The van der Waals surface area contributed by atoms with Gasteiger partial charge in [-0.2, -0.15) is 0 Å². The molecule has 0 unspecified atom stereocenters. The molecule has 1 aliphatic rings. The highest BCUT2D eigenvalue weighted by molar-refractivity contribution is 8.00. The second-order valence-corrected chi connectivity index (χ2v) is 11.0. The number of amides is 3. The second-order valence-electron chi connectivity index (χ2n) is 9.19. The molecule has 0 aliphatic carbocycles. The topological polar surface area (TPSA) is 106 Å². The Balaban J connectivity index is 1.22. The van der Waals surface area contributed by atoms with Crippen LogP contribution < -0.4 is 25.4 Å². The molecule has 43 heavy (non-hydrogen) atoms. The minimum Gasteiger partial charge on any atom is -0.486 e. The first-order valence-electron chi connectivity index (χ1n) is 13.1. The Kier molecular flexibility index (Phi) is 9.88. The minimum absolute atomic E-state index is 0.0210. The van der Waals surface area contributed by atoms with Crippen molar-refractivity contribution in [3.8, 4) is 11.5 Å². The highest BCUT2D eigenvalue weighted by atomic mass is 35.5. The number of benzene rings is 4. The number of halogens is 2. The summed E-state index contributed by atoms with van der Waals surface area (Å²) in [6.07, 6.45) is 1.47.